The van der Waals surface area contributed by atoms with Crippen molar-refractivity contribution in [3.8, 4) is 11.8 Å². The van der Waals surface area contributed by atoms with Crippen LogP contribution in [0.1, 0.15) is 11.1 Å². The van der Waals surface area contributed by atoms with E-state index >= 15 is 0 Å². The maximum Gasteiger partial charge on any atom is 0.0769 e. The fraction of sp³-hybridized carbons (Fsp3) is 0.125. The molecule has 0 aliphatic carbocycles. The monoisotopic (exact) mass is 299 g/mol. The molecule has 18 heavy (non-hydrogen) atoms. The molecule has 0 saturated heterocycles. The van der Waals surface area contributed by atoms with Gasteiger partial charge in [-0.3, -0.25) is 0 Å². The fourth-order valence-corrected chi connectivity index (χ4v) is 2.26. The van der Waals surface area contributed by atoms with Crippen molar-refractivity contribution in [1.82, 2.24) is 0 Å². The van der Waals surface area contributed by atoms with Gasteiger partial charge in [0, 0.05) is 15.7 Å². The highest BCUT2D eigenvalue weighted by Crippen LogP contribution is 2.18. The van der Waals surface area contributed by atoms with E-state index in [2.05, 4.69) is 58.2 Å². The van der Waals surface area contributed by atoms with Gasteiger partial charge in [-0.2, -0.15) is 0 Å². The minimum Gasteiger partial charge on any atom is -0.374 e. The molecule has 2 rings (SSSR count). The lowest BCUT2D eigenvalue weighted by atomic mass is 10.2. The van der Waals surface area contributed by atoms with Gasteiger partial charge >= 0.3 is 0 Å². The van der Waals surface area contributed by atoms with Gasteiger partial charge in [-0.25, -0.2) is 0 Å². The van der Waals surface area contributed by atoms with E-state index in [0.717, 1.165) is 15.7 Å². The number of rotatable bonds is 2. The van der Waals surface area contributed by atoms with Crippen LogP contribution < -0.4 is 5.32 Å². The Morgan fingerprint density at radius 2 is 1.89 bits per heavy atom. The van der Waals surface area contributed by atoms with Gasteiger partial charge in [0.05, 0.1) is 6.54 Å². The van der Waals surface area contributed by atoms with Crippen LogP contribution >= 0.6 is 15.9 Å². The van der Waals surface area contributed by atoms with Gasteiger partial charge in [0.25, 0.3) is 0 Å². The quantitative estimate of drug-likeness (QED) is 0.819. The smallest absolute Gasteiger partial charge is 0.0769 e. The Kier molecular flexibility index (Phi) is 4.44. The first kappa shape index (κ1) is 12.7. The maximum absolute atomic E-state index is 3.48. The summed E-state index contributed by atoms with van der Waals surface area (Å²) in [5, 5.41) is 3.29. The number of nitrogens with one attached hydrogen (secondary N) is 1. The van der Waals surface area contributed by atoms with Crippen molar-refractivity contribution < 1.29 is 0 Å². The van der Waals surface area contributed by atoms with Crippen LogP contribution in [0.15, 0.2) is 53.0 Å². The highest BCUT2D eigenvalue weighted by Gasteiger charge is 1.94. The summed E-state index contributed by atoms with van der Waals surface area (Å²) >= 11 is 3.48. The van der Waals surface area contributed by atoms with E-state index in [4.69, 9.17) is 0 Å². The van der Waals surface area contributed by atoms with Crippen molar-refractivity contribution in [3.05, 3.63) is 64.1 Å². The number of aryl methyl sites for hydroxylation is 1. The van der Waals surface area contributed by atoms with Gasteiger partial charge in [-0.1, -0.05) is 46.0 Å². The molecule has 0 radical (unpaired) electrons. The number of hydrogen-bond acceptors (Lipinski definition) is 1. The molecule has 0 saturated carbocycles. The third-order valence-electron chi connectivity index (χ3n) is 2.43. The van der Waals surface area contributed by atoms with Crippen LogP contribution in [0, 0.1) is 18.8 Å². The van der Waals surface area contributed by atoms with Gasteiger partial charge < -0.3 is 5.32 Å². The van der Waals surface area contributed by atoms with E-state index in [0.29, 0.717) is 6.54 Å². The van der Waals surface area contributed by atoms with Gasteiger partial charge in [0.15, 0.2) is 0 Å². The SMILES string of the molecule is Cc1cc(Br)cc(NCC#Cc2ccccc2)c1. The number of hydrogen-bond donors (Lipinski definition) is 1. The molecule has 0 fully saturated rings. The molecular formula is C16H14BrN. The topological polar surface area (TPSA) is 12.0 Å². The van der Waals surface area contributed by atoms with Gasteiger partial charge in [0.1, 0.15) is 0 Å². The molecule has 0 atom stereocenters. The van der Waals surface area contributed by atoms with E-state index in [9.17, 15) is 0 Å². The molecule has 0 aromatic heterocycles. The standard InChI is InChI=1S/C16H14BrN/c1-13-10-15(17)12-16(11-13)18-9-5-8-14-6-3-2-4-7-14/h2-4,6-7,10-12,18H,9H2,1H3. The molecule has 0 aliphatic heterocycles. The second-order valence-corrected chi connectivity index (χ2v) is 4.95. The molecular weight excluding hydrogens is 286 g/mol. The van der Waals surface area contributed by atoms with Crippen LogP contribution in [0.25, 0.3) is 0 Å². The van der Waals surface area contributed by atoms with Crippen LogP contribution in [0.4, 0.5) is 5.69 Å². The van der Waals surface area contributed by atoms with E-state index < -0.39 is 0 Å². The molecule has 0 spiro atoms. The van der Waals surface area contributed by atoms with Gasteiger partial charge in [0.2, 0.25) is 0 Å². The Morgan fingerprint density at radius 3 is 2.61 bits per heavy atom. The Labute approximate surface area is 116 Å². The Balaban J connectivity index is 1.95. The lowest BCUT2D eigenvalue weighted by molar-refractivity contribution is 1.35. The summed E-state index contributed by atoms with van der Waals surface area (Å²) in [6.07, 6.45) is 0. The highest BCUT2D eigenvalue weighted by molar-refractivity contribution is 9.10. The summed E-state index contributed by atoms with van der Waals surface area (Å²) in [4.78, 5) is 0. The predicted octanol–water partition coefficient (Wildman–Crippen LogP) is 4.22. The van der Waals surface area contributed by atoms with Crippen molar-refractivity contribution in [1.29, 1.82) is 0 Å². The van der Waals surface area contributed by atoms with E-state index in [1.165, 1.54) is 5.56 Å². The van der Waals surface area contributed by atoms with Crippen LogP contribution in [-0.4, -0.2) is 6.54 Å². The largest absolute Gasteiger partial charge is 0.374 e. The summed E-state index contributed by atoms with van der Waals surface area (Å²) in [6, 6.07) is 16.2. The second-order valence-electron chi connectivity index (χ2n) is 4.04. The van der Waals surface area contributed by atoms with E-state index in [-0.39, 0.29) is 0 Å². The Hall–Kier alpha value is -1.72. The van der Waals surface area contributed by atoms with Crippen molar-refractivity contribution in [2.24, 2.45) is 0 Å². The van der Waals surface area contributed by atoms with Crippen molar-refractivity contribution in [3.63, 3.8) is 0 Å². The zero-order valence-corrected chi connectivity index (χ0v) is 11.8. The highest BCUT2D eigenvalue weighted by atomic mass is 79.9. The van der Waals surface area contributed by atoms with Crippen LogP contribution in [0.3, 0.4) is 0 Å². The first-order valence-corrected chi connectivity index (χ1v) is 6.58. The molecule has 0 aliphatic rings. The minimum atomic E-state index is 0.644. The summed E-state index contributed by atoms with van der Waals surface area (Å²) in [5.41, 5.74) is 3.36. The molecule has 0 unspecified atom stereocenters. The van der Waals surface area contributed by atoms with Crippen LogP contribution in [-0.2, 0) is 0 Å². The number of benzene rings is 2. The first-order chi connectivity index (χ1) is 8.74. The summed E-state index contributed by atoms with van der Waals surface area (Å²) in [7, 11) is 0. The second kappa shape index (κ2) is 6.28. The maximum atomic E-state index is 3.48. The summed E-state index contributed by atoms with van der Waals surface area (Å²) in [5.74, 6) is 6.23. The lowest BCUT2D eigenvalue weighted by Gasteiger charge is -2.04. The van der Waals surface area contributed by atoms with Gasteiger partial charge in [-0.05, 0) is 42.8 Å². The molecule has 0 amide bonds. The van der Waals surface area contributed by atoms with Crippen LogP contribution in [0.2, 0.25) is 0 Å². The summed E-state index contributed by atoms with van der Waals surface area (Å²) < 4.78 is 1.08. The Bertz CT molecular complexity index is 559. The molecule has 0 bridgehead atoms. The average Bonchev–Trinajstić information content (AvgIpc) is 2.35. The third kappa shape index (κ3) is 3.94. The minimum absolute atomic E-state index is 0.644. The van der Waals surface area contributed by atoms with Crippen molar-refractivity contribution in [2.45, 2.75) is 6.92 Å². The van der Waals surface area contributed by atoms with Crippen molar-refractivity contribution >= 4 is 21.6 Å². The molecule has 1 nitrogen and oxygen atoms in total. The molecule has 2 aromatic rings. The Morgan fingerprint density at radius 1 is 1.11 bits per heavy atom. The van der Waals surface area contributed by atoms with Crippen LogP contribution in [0.5, 0.6) is 0 Å². The molecule has 2 aromatic carbocycles. The van der Waals surface area contributed by atoms with Crippen molar-refractivity contribution in [2.75, 3.05) is 11.9 Å². The molecule has 90 valence electrons. The zero-order chi connectivity index (χ0) is 12.8. The van der Waals surface area contributed by atoms with E-state index in [1.807, 2.05) is 30.3 Å². The normalized spacial score (nSPS) is 9.44. The number of halogens is 1. The number of anilines is 1. The van der Waals surface area contributed by atoms with Gasteiger partial charge in [-0.15, -0.1) is 0 Å². The molecule has 0 heterocycles. The molecule has 2 heteroatoms. The van der Waals surface area contributed by atoms with E-state index in [1.54, 1.807) is 0 Å². The predicted molar refractivity (Wildman–Crippen MR) is 80.7 cm³/mol. The first-order valence-electron chi connectivity index (χ1n) is 5.79. The molecule has 1 N–H and O–H groups in total. The third-order valence-corrected chi connectivity index (χ3v) is 2.89. The lowest BCUT2D eigenvalue weighted by Crippen LogP contribution is -1.98. The zero-order valence-electron chi connectivity index (χ0n) is 10.2. The summed E-state index contributed by atoms with van der Waals surface area (Å²) in [6.45, 7) is 2.72. The fourth-order valence-electron chi connectivity index (χ4n) is 1.65. The average molecular weight is 300 g/mol.